The molecule has 2 N–H and O–H groups in total. The number of aromatic nitrogens is 3. The fourth-order valence-corrected chi connectivity index (χ4v) is 3.22. The Balaban J connectivity index is 1.91. The smallest absolute Gasteiger partial charge is 0.256 e. The molecule has 1 aliphatic rings. The third-order valence-electron chi connectivity index (χ3n) is 4.53. The van der Waals surface area contributed by atoms with Gasteiger partial charge in [-0.25, -0.2) is 9.97 Å². The molecule has 3 heterocycles. The Hall–Kier alpha value is -3.21. The van der Waals surface area contributed by atoms with Crippen molar-refractivity contribution >= 4 is 23.2 Å². The molecule has 130 valence electrons. The maximum atomic E-state index is 12.6. The first-order valence-corrected chi connectivity index (χ1v) is 8.86. The van der Waals surface area contributed by atoms with Gasteiger partial charge in [0.05, 0.1) is 11.3 Å². The molecule has 1 aliphatic heterocycles. The number of benzene rings is 1. The van der Waals surface area contributed by atoms with Crippen LogP contribution in [0.25, 0.3) is 22.9 Å². The number of rotatable bonds is 4. The summed E-state index contributed by atoms with van der Waals surface area (Å²) in [5.74, 6) is 0.728. The van der Waals surface area contributed by atoms with E-state index >= 15 is 0 Å². The predicted molar refractivity (Wildman–Crippen MR) is 104 cm³/mol. The summed E-state index contributed by atoms with van der Waals surface area (Å²) in [5, 5.41) is 2.96. The molecule has 0 fully saturated rings. The summed E-state index contributed by atoms with van der Waals surface area (Å²) < 4.78 is 0. The molecule has 0 saturated heterocycles. The van der Waals surface area contributed by atoms with Crippen molar-refractivity contribution < 1.29 is 4.79 Å². The molecule has 0 saturated carbocycles. The summed E-state index contributed by atoms with van der Waals surface area (Å²) in [4.78, 5) is 25.0. The molecule has 5 nitrogen and oxygen atoms in total. The molecular weight excluding hydrogens is 324 g/mol. The zero-order valence-corrected chi connectivity index (χ0v) is 14.8. The van der Waals surface area contributed by atoms with Crippen LogP contribution in [0, 0.1) is 0 Å². The van der Waals surface area contributed by atoms with Crippen LogP contribution in [0.5, 0.6) is 0 Å². The van der Waals surface area contributed by atoms with Crippen LogP contribution in [0.2, 0.25) is 0 Å². The zero-order chi connectivity index (χ0) is 18.1. The van der Waals surface area contributed by atoms with E-state index in [-0.39, 0.29) is 5.91 Å². The molecule has 26 heavy (non-hydrogen) atoms. The number of nitrogens with one attached hydrogen (secondary N) is 2. The number of aromatic amines is 1. The number of hydrogen-bond acceptors (Lipinski definition) is 3. The van der Waals surface area contributed by atoms with Crippen LogP contribution in [0.3, 0.4) is 0 Å². The van der Waals surface area contributed by atoms with Crippen molar-refractivity contribution in [2.75, 3.05) is 5.32 Å². The number of nitrogens with zero attached hydrogens (tertiary/aromatic N) is 2. The van der Waals surface area contributed by atoms with Gasteiger partial charge in [0.15, 0.2) is 0 Å². The van der Waals surface area contributed by atoms with Gasteiger partial charge in [-0.05, 0) is 36.8 Å². The van der Waals surface area contributed by atoms with Crippen molar-refractivity contribution in [3.8, 4) is 11.3 Å². The lowest BCUT2D eigenvalue weighted by Gasteiger charge is -2.10. The van der Waals surface area contributed by atoms with Gasteiger partial charge in [0.25, 0.3) is 5.91 Å². The number of anilines is 1. The van der Waals surface area contributed by atoms with Gasteiger partial charge in [-0.15, -0.1) is 0 Å². The van der Waals surface area contributed by atoms with E-state index in [0.717, 1.165) is 52.6 Å². The van der Waals surface area contributed by atoms with Crippen molar-refractivity contribution in [1.29, 1.82) is 0 Å². The van der Waals surface area contributed by atoms with Gasteiger partial charge in [0, 0.05) is 40.8 Å². The molecular formula is C21H20N4O. The van der Waals surface area contributed by atoms with Crippen molar-refractivity contribution in [3.63, 3.8) is 0 Å². The Kier molecular flexibility index (Phi) is 4.13. The summed E-state index contributed by atoms with van der Waals surface area (Å²) in [6.45, 7) is 4.14. The maximum absolute atomic E-state index is 12.6. The van der Waals surface area contributed by atoms with Crippen molar-refractivity contribution in [3.05, 3.63) is 65.4 Å². The van der Waals surface area contributed by atoms with Gasteiger partial charge in [-0.1, -0.05) is 26.0 Å². The lowest BCUT2D eigenvalue weighted by atomic mass is 9.96. The minimum atomic E-state index is -0.0949. The van der Waals surface area contributed by atoms with Crippen LogP contribution in [0.1, 0.15) is 36.6 Å². The molecule has 4 rings (SSSR count). The zero-order valence-electron chi connectivity index (χ0n) is 14.8. The molecule has 0 bridgehead atoms. The fourth-order valence-electron chi connectivity index (χ4n) is 3.22. The maximum Gasteiger partial charge on any atom is 0.256 e. The minimum absolute atomic E-state index is 0.0949. The standard InChI is InChI=1S/C21H20N4O/c1-3-13-12-18(24-19(4-2)23-13)15-8-5-9-17-20(15)16(21(26)25-17)11-14-7-6-10-22-14/h5-12,22H,3-4H2,1-2H3,(H,25,26)/b16-11-. The summed E-state index contributed by atoms with van der Waals surface area (Å²) in [7, 11) is 0. The van der Waals surface area contributed by atoms with Crippen LogP contribution in [0.4, 0.5) is 5.69 Å². The van der Waals surface area contributed by atoms with E-state index in [0.29, 0.717) is 5.57 Å². The first-order valence-electron chi connectivity index (χ1n) is 8.86. The summed E-state index contributed by atoms with van der Waals surface area (Å²) in [6.07, 6.45) is 5.35. The second kappa shape index (κ2) is 6.59. The molecule has 1 amide bonds. The van der Waals surface area contributed by atoms with Gasteiger partial charge in [-0.2, -0.15) is 0 Å². The first kappa shape index (κ1) is 16.3. The summed E-state index contributed by atoms with van der Waals surface area (Å²) in [6, 6.07) is 11.8. The van der Waals surface area contributed by atoms with Gasteiger partial charge in [-0.3, -0.25) is 4.79 Å². The van der Waals surface area contributed by atoms with E-state index in [1.165, 1.54) is 0 Å². The number of aryl methyl sites for hydroxylation is 2. The van der Waals surface area contributed by atoms with Crippen LogP contribution in [0.15, 0.2) is 42.6 Å². The van der Waals surface area contributed by atoms with E-state index in [4.69, 9.17) is 4.98 Å². The number of amides is 1. The number of H-pyrrole nitrogens is 1. The Morgan fingerprint density at radius 3 is 2.69 bits per heavy atom. The highest BCUT2D eigenvalue weighted by atomic mass is 16.2. The number of hydrogen-bond donors (Lipinski definition) is 2. The molecule has 0 spiro atoms. The van der Waals surface area contributed by atoms with E-state index < -0.39 is 0 Å². The Morgan fingerprint density at radius 1 is 1.08 bits per heavy atom. The molecule has 3 aromatic rings. The summed E-state index contributed by atoms with van der Waals surface area (Å²) >= 11 is 0. The quantitative estimate of drug-likeness (QED) is 0.700. The molecule has 2 aromatic heterocycles. The van der Waals surface area contributed by atoms with E-state index in [1.54, 1.807) is 0 Å². The van der Waals surface area contributed by atoms with Gasteiger partial charge >= 0.3 is 0 Å². The Labute approximate surface area is 152 Å². The van der Waals surface area contributed by atoms with Gasteiger partial charge in [0.1, 0.15) is 5.82 Å². The third kappa shape index (κ3) is 2.81. The second-order valence-corrected chi connectivity index (χ2v) is 6.23. The van der Waals surface area contributed by atoms with Crippen LogP contribution in [-0.2, 0) is 17.6 Å². The average Bonchev–Trinajstić information content (AvgIpc) is 3.29. The number of carbonyl (C=O) groups excluding carboxylic acids is 1. The van der Waals surface area contributed by atoms with Crippen LogP contribution in [-0.4, -0.2) is 20.9 Å². The Morgan fingerprint density at radius 2 is 1.96 bits per heavy atom. The Bertz CT molecular complexity index is 981. The predicted octanol–water partition coefficient (Wildman–Crippen LogP) is 4.09. The molecule has 1 aromatic carbocycles. The topological polar surface area (TPSA) is 70.7 Å². The SMILES string of the molecule is CCc1cc(-c2cccc3c2/C(=C/c2ccc[nH]2)C(=O)N3)nc(CC)n1. The normalized spacial score (nSPS) is 14.5. The van der Waals surface area contributed by atoms with Crippen molar-refractivity contribution in [1.82, 2.24) is 15.0 Å². The average molecular weight is 344 g/mol. The van der Waals surface area contributed by atoms with E-state index in [2.05, 4.69) is 29.1 Å². The monoisotopic (exact) mass is 344 g/mol. The van der Waals surface area contributed by atoms with Gasteiger partial charge < -0.3 is 10.3 Å². The molecule has 5 heteroatoms. The lowest BCUT2D eigenvalue weighted by Crippen LogP contribution is -2.03. The highest BCUT2D eigenvalue weighted by molar-refractivity contribution is 6.36. The van der Waals surface area contributed by atoms with Crippen LogP contribution < -0.4 is 5.32 Å². The second-order valence-electron chi connectivity index (χ2n) is 6.23. The van der Waals surface area contributed by atoms with E-state index in [9.17, 15) is 4.79 Å². The fraction of sp³-hybridized carbons (Fsp3) is 0.190. The molecule has 0 aliphatic carbocycles. The van der Waals surface area contributed by atoms with Crippen LogP contribution >= 0.6 is 0 Å². The number of carbonyl (C=O) groups is 1. The van der Waals surface area contributed by atoms with E-state index in [1.807, 2.05) is 48.7 Å². The third-order valence-corrected chi connectivity index (χ3v) is 4.53. The molecule has 0 radical (unpaired) electrons. The summed E-state index contributed by atoms with van der Waals surface area (Å²) in [5.41, 5.74) is 6.08. The lowest BCUT2D eigenvalue weighted by molar-refractivity contribution is -0.110. The first-order chi connectivity index (χ1) is 12.7. The van der Waals surface area contributed by atoms with Crippen molar-refractivity contribution in [2.24, 2.45) is 0 Å². The molecule has 0 unspecified atom stereocenters. The van der Waals surface area contributed by atoms with Gasteiger partial charge in [0.2, 0.25) is 0 Å². The highest BCUT2D eigenvalue weighted by Crippen LogP contribution is 2.39. The number of fused-ring (bicyclic) bond motifs is 1. The highest BCUT2D eigenvalue weighted by Gasteiger charge is 2.28. The minimum Gasteiger partial charge on any atom is -0.362 e. The largest absolute Gasteiger partial charge is 0.362 e. The molecule has 0 atom stereocenters. The van der Waals surface area contributed by atoms with Crippen molar-refractivity contribution in [2.45, 2.75) is 26.7 Å².